The van der Waals surface area contributed by atoms with Crippen molar-refractivity contribution in [3.05, 3.63) is 60.8 Å². The zero-order valence-corrected chi connectivity index (χ0v) is 18.6. The van der Waals surface area contributed by atoms with Crippen LogP contribution in [0.4, 0.5) is 5.69 Å². The van der Waals surface area contributed by atoms with Gasteiger partial charge in [-0.25, -0.2) is 0 Å². The van der Waals surface area contributed by atoms with Gasteiger partial charge in [0.05, 0.1) is 12.8 Å². The van der Waals surface area contributed by atoms with E-state index in [1.807, 2.05) is 19.2 Å². The number of aromatic nitrogens is 1. The van der Waals surface area contributed by atoms with Gasteiger partial charge in [0.25, 0.3) is 0 Å². The SMILES string of the molecule is CN=C(NCCCn1ccc2ccccc21)NCC1CCN(c2ccccc2OC)C1. The van der Waals surface area contributed by atoms with Crippen LogP contribution in [0.25, 0.3) is 10.9 Å². The molecular weight excluding hydrogens is 386 g/mol. The quantitative estimate of drug-likeness (QED) is 0.332. The van der Waals surface area contributed by atoms with Crippen LogP contribution in [0.1, 0.15) is 12.8 Å². The van der Waals surface area contributed by atoms with Gasteiger partial charge in [-0.1, -0.05) is 30.3 Å². The zero-order valence-electron chi connectivity index (χ0n) is 18.6. The highest BCUT2D eigenvalue weighted by atomic mass is 16.5. The number of methoxy groups -OCH3 is 1. The van der Waals surface area contributed by atoms with Gasteiger partial charge in [0, 0.05) is 51.5 Å². The van der Waals surface area contributed by atoms with E-state index >= 15 is 0 Å². The Labute approximate surface area is 184 Å². The van der Waals surface area contributed by atoms with Gasteiger partial charge in [0.15, 0.2) is 5.96 Å². The molecule has 1 atom stereocenters. The van der Waals surface area contributed by atoms with E-state index in [9.17, 15) is 0 Å². The van der Waals surface area contributed by atoms with E-state index in [1.165, 1.54) is 23.0 Å². The average molecular weight is 420 g/mol. The molecule has 6 heteroatoms. The van der Waals surface area contributed by atoms with Crippen molar-refractivity contribution in [2.75, 3.05) is 45.2 Å². The highest BCUT2D eigenvalue weighted by Crippen LogP contribution is 2.31. The lowest BCUT2D eigenvalue weighted by molar-refractivity contribution is 0.414. The molecule has 0 saturated carbocycles. The largest absolute Gasteiger partial charge is 0.495 e. The van der Waals surface area contributed by atoms with Crippen LogP contribution in [0, 0.1) is 5.92 Å². The first-order valence-electron chi connectivity index (χ1n) is 11.1. The molecule has 0 bridgehead atoms. The molecule has 1 unspecified atom stereocenters. The first kappa shape index (κ1) is 21.1. The minimum Gasteiger partial charge on any atom is -0.495 e. The van der Waals surface area contributed by atoms with Crippen molar-refractivity contribution in [3.8, 4) is 5.75 Å². The lowest BCUT2D eigenvalue weighted by Gasteiger charge is -2.21. The first-order valence-corrected chi connectivity index (χ1v) is 11.1. The number of benzene rings is 2. The fraction of sp³-hybridized carbons (Fsp3) is 0.400. The topological polar surface area (TPSA) is 53.8 Å². The van der Waals surface area contributed by atoms with Crippen LogP contribution < -0.4 is 20.3 Å². The standard InChI is InChI=1S/C25H33N5O/c1-26-25(27-14-7-15-29-17-13-21-8-3-4-9-22(21)29)28-18-20-12-16-30(19-20)23-10-5-6-11-24(23)31-2/h3-6,8-11,13,17,20H,7,12,14-16,18-19H2,1-2H3,(H2,26,27,28). The minimum absolute atomic E-state index is 0.592. The summed E-state index contributed by atoms with van der Waals surface area (Å²) in [6, 6.07) is 19.0. The molecule has 1 fully saturated rings. The van der Waals surface area contributed by atoms with Gasteiger partial charge < -0.3 is 24.8 Å². The number of ether oxygens (including phenoxy) is 1. The highest BCUT2D eigenvalue weighted by molar-refractivity contribution is 5.80. The van der Waals surface area contributed by atoms with Crippen LogP contribution in [-0.4, -0.2) is 50.9 Å². The Balaban J connectivity index is 1.19. The maximum Gasteiger partial charge on any atom is 0.190 e. The molecule has 1 aromatic heterocycles. The van der Waals surface area contributed by atoms with Crippen LogP contribution in [-0.2, 0) is 6.54 Å². The Morgan fingerprint density at radius 1 is 1.10 bits per heavy atom. The molecule has 2 aromatic carbocycles. The predicted molar refractivity (Wildman–Crippen MR) is 129 cm³/mol. The second kappa shape index (κ2) is 10.2. The summed E-state index contributed by atoms with van der Waals surface area (Å²) in [5.41, 5.74) is 2.48. The number of hydrogen-bond donors (Lipinski definition) is 2. The summed E-state index contributed by atoms with van der Waals surface area (Å²) in [6.07, 6.45) is 4.39. The van der Waals surface area contributed by atoms with E-state index in [4.69, 9.17) is 4.74 Å². The molecule has 1 aliphatic rings. The molecule has 2 N–H and O–H groups in total. The fourth-order valence-electron chi connectivity index (χ4n) is 4.36. The van der Waals surface area contributed by atoms with Crippen molar-refractivity contribution in [2.24, 2.45) is 10.9 Å². The number of aliphatic imine (C=N–C) groups is 1. The Morgan fingerprint density at radius 2 is 1.94 bits per heavy atom. The summed E-state index contributed by atoms with van der Waals surface area (Å²) >= 11 is 0. The number of para-hydroxylation sites is 3. The van der Waals surface area contributed by atoms with Crippen LogP contribution >= 0.6 is 0 Å². The molecule has 1 aliphatic heterocycles. The number of aryl methyl sites for hydroxylation is 1. The Morgan fingerprint density at radius 3 is 2.81 bits per heavy atom. The average Bonchev–Trinajstić information content (AvgIpc) is 3.46. The van der Waals surface area contributed by atoms with Crippen molar-refractivity contribution in [1.82, 2.24) is 15.2 Å². The lowest BCUT2D eigenvalue weighted by Crippen LogP contribution is -2.40. The molecule has 3 aromatic rings. The van der Waals surface area contributed by atoms with Crippen molar-refractivity contribution in [2.45, 2.75) is 19.4 Å². The summed E-state index contributed by atoms with van der Waals surface area (Å²) in [6.45, 7) is 4.90. The normalized spacial score (nSPS) is 16.6. The van der Waals surface area contributed by atoms with Gasteiger partial charge in [-0.05, 0) is 48.4 Å². The van der Waals surface area contributed by atoms with E-state index in [-0.39, 0.29) is 0 Å². The third kappa shape index (κ3) is 5.13. The number of guanidine groups is 1. The molecule has 2 heterocycles. The van der Waals surface area contributed by atoms with Crippen molar-refractivity contribution in [1.29, 1.82) is 0 Å². The van der Waals surface area contributed by atoms with Gasteiger partial charge in [-0.15, -0.1) is 0 Å². The predicted octanol–water partition coefficient (Wildman–Crippen LogP) is 3.73. The number of fused-ring (bicyclic) bond motifs is 1. The lowest BCUT2D eigenvalue weighted by atomic mass is 10.1. The Kier molecular flexibility index (Phi) is 6.97. The second-order valence-corrected chi connectivity index (χ2v) is 8.07. The third-order valence-electron chi connectivity index (χ3n) is 6.04. The minimum atomic E-state index is 0.592. The molecule has 31 heavy (non-hydrogen) atoms. The Bertz CT molecular complexity index is 1010. The molecule has 164 valence electrons. The molecule has 4 rings (SSSR count). The van der Waals surface area contributed by atoms with E-state index < -0.39 is 0 Å². The van der Waals surface area contributed by atoms with E-state index in [2.05, 4.69) is 73.8 Å². The van der Waals surface area contributed by atoms with E-state index in [1.54, 1.807) is 7.11 Å². The van der Waals surface area contributed by atoms with Crippen LogP contribution in [0.2, 0.25) is 0 Å². The zero-order chi connectivity index (χ0) is 21.5. The maximum atomic E-state index is 5.53. The van der Waals surface area contributed by atoms with Crippen LogP contribution in [0.15, 0.2) is 65.8 Å². The highest BCUT2D eigenvalue weighted by Gasteiger charge is 2.24. The van der Waals surface area contributed by atoms with Crippen molar-refractivity contribution < 1.29 is 4.74 Å². The molecule has 0 amide bonds. The van der Waals surface area contributed by atoms with Gasteiger partial charge >= 0.3 is 0 Å². The molecule has 0 spiro atoms. The fourth-order valence-corrected chi connectivity index (χ4v) is 4.36. The Hall–Kier alpha value is -3.15. The number of anilines is 1. The van der Waals surface area contributed by atoms with Crippen molar-refractivity contribution in [3.63, 3.8) is 0 Å². The van der Waals surface area contributed by atoms with Gasteiger partial charge in [0.1, 0.15) is 5.75 Å². The summed E-state index contributed by atoms with van der Waals surface area (Å²) < 4.78 is 7.84. The smallest absolute Gasteiger partial charge is 0.190 e. The van der Waals surface area contributed by atoms with E-state index in [0.717, 1.165) is 50.9 Å². The molecular formula is C25H33N5O. The molecule has 0 radical (unpaired) electrons. The van der Waals surface area contributed by atoms with Crippen LogP contribution in [0.3, 0.4) is 0 Å². The van der Waals surface area contributed by atoms with Gasteiger partial charge in [-0.3, -0.25) is 4.99 Å². The number of rotatable bonds is 8. The molecule has 1 saturated heterocycles. The van der Waals surface area contributed by atoms with Gasteiger partial charge in [-0.2, -0.15) is 0 Å². The summed E-state index contributed by atoms with van der Waals surface area (Å²) in [5, 5.41) is 8.26. The summed E-state index contributed by atoms with van der Waals surface area (Å²) in [7, 11) is 3.58. The van der Waals surface area contributed by atoms with Crippen molar-refractivity contribution >= 4 is 22.5 Å². The molecule has 0 aliphatic carbocycles. The number of hydrogen-bond acceptors (Lipinski definition) is 3. The monoisotopic (exact) mass is 419 g/mol. The summed E-state index contributed by atoms with van der Waals surface area (Å²) in [5.74, 6) is 2.42. The molecule has 6 nitrogen and oxygen atoms in total. The van der Waals surface area contributed by atoms with Gasteiger partial charge in [0.2, 0.25) is 0 Å². The number of nitrogens with one attached hydrogen (secondary N) is 2. The van der Waals surface area contributed by atoms with Crippen LogP contribution in [0.5, 0.6) is 5.75 Å². The first-order chi connectivity index (χ1) is 15.3. The number of nitrogens with zero attached hydrogens (tertiary/aromatic N) is 3. The third-order valence-corrected chi connectivity index (χ3v) is 6.04. The van der Waals surface area contributed by atoms with E-state index in [0.29, 0.717) is 5.92 Å². The maximum absolute atomic E-state index is 5.53. The summed E-state index contributed by atoms with van der Waals surface area (Å²) in [4.78, 5) is 6.81. The second-order valence-electron chi connectivity index (χ2n) is 8.07.